The SMILES string of the molecule is CCNC(=NCC(O)c1cccc(OC)c1)NCC(C)Oc1ccccc1OC. The summed E-state index contributed by atoms with van der Waals surface area (Å²) >= 11 is 0. The number of aliphatic hydroxyl groups excluding tert-OH is 1. The van der Waals surface area contributed by atoms with Crippen LogP contribution in [-0.2, 0) is 0 Å². The van der Waals surface area contributed by atoms with E-state index < -0.39 is 6.10 Å². The molecule has 3 N–H and O–H groups in total. The Morgan fingerprint density at radius 3 is 2.48 bits per heavy atom. The van der Waals surface area contributed by atoms with E-state index in [1.165, 1.54) is 0 Å². The molecule has 158 valence electrons. The second-order valence-electron chi connectivity index (χ2n) is 6.47. The number of hydrogen-bond acceptors (Lipinski definition) is 5. The highest BCUT2D eigenvalue weighted by atomic mass is 16.5. The van der Waals surface area contributed by atoms with Gasteiger partial charge in [-0.05, 0) is 43.7 Å². The maximum atomic E-state index is 10.4. The maximum absolute atomic E-state index is 10.4. The minimum Gasteiger partial charge on any atom is -0.497 e. The van der Waals surface area contributed by atoms with Crippen molar-refractivity contribution >= 4 is 5.96 Å². The number of para-hydroxylation sites is 2. The summed E-state index contributed by atoms with van der Waals surface area (Å²) < 4.78 is 16.5. The van der Waals surface area contributed by atoms with E-state index in [0.29, 0.717) is 36.3 Å². The van der Waals surface area contributed by atoms with Gasteiger partial charge >= 0.3 is 0 Å². The monoisotopic (exact) mass is 401 g/mol. The summed E-state index contributed by atoms with van der Waals surface area (Å²) in [6, 6.07) is 14.9. The van der Waals surface area contributed by atoms with Gasteiger partial charge in [0.2, 0.25) is 0 Å². The molecule has 0 radical (unpaired) electrons. The highest BCUT2D eigenvalue weighted by molar-refractivity contribution is 5.79. The second-order valence-corrected chi connectivity index (χ2v) is 6.47. The number of hydrogen-bond donors (Lipinski definition) is 3. The van der Waals surface area contributed by atoms with Crippen LogP contribution in [0.4, 0.5) is 0 Å². The van der Waals surface area contributed by atoms with Crippen LogP contribution in [-0.4, -0.2) is 51.0 Å². The van der Waals surface area contributed by atoms with Crippen molar-refractivity contribution in [2.75, 3.05) is 33.9 Å². The average Bonchev–Trinajstić information content (AvgIpc) is 2.75. The Bertz CT molecular complexity index is 782. The van der Waals surface area contributed by atoms with E-state index in [1.807, 2.05) is 62.4 Å². The molecule has 0 bridgehead atoms. The van der Waals surface area contributed by atoms with Crippen LogP contribution in [0.1, 0.15) is 25.5 Å². The van der Waals surface area contributed by atoms with Crippen molar-refractivity contribution in [2.45, 2.75) is 26.1 Å². The first-order valence-electron chi connectivity index (χ1n) is 9.71. The van der Waals surface area contributed by atoms with Gasteiger partial charge < -0.3 is 30.0 Å². The van der Waals surface area contributed by atoms with Crippen molar-refractivity contribution in [1.82, 2.24) is 10.6 Å². The molecule has 2 aromatic rings. The Hall–Kier alpha value is -2.93. The minimum absolute atomic E-state index is 0.113. The normalized spacial score (nSPS) is 13.3. The van der Waals surface area contributed by atoms with Crippen LogP contribution in [0.25, 0.3) is 0 Å². The molecule has 0 amide bonds. The Morgan fingerprint density at radius 1 is 1.03 bits per heavy atom. The van der Waals surface area contributed by atoms with E-state index >= 15 is 0 Å². The van der Waals surface area contributed by atoms with Gasteiger partial charge in [0.15, 0.2) is 17.5 Å². The number of aliphatic imine (C=N–C) groups is 1. The predicted octanol–water partition coefficient (Wildman–Crippen LogP) is 2.76. The Labute approximate surface area is 172 Å². The zero-order valence-electron chi connectivity index (χ0n) is 17.5. The van der Waals surface area contributed by atoms with Gasteiger partial charge in [-0.3, -0.25) is 4.99 Å². The first-order chi connectivity index (χ1) is 14.1. The summed E-state index contributed by atoms with van der Waals surface area (Å²) in [7, 11) is 3.22. The van der Waals surface area contributed by atoms with Crippen molar-refractivity contribution in [1.29, 1.82) is 0 Å². The summed E-state index contributed by atoms with van der Waals surface area (Å²) in [5.41, 5.74) is 0.761. The van der Waals surface area contributed by atoms with Crippen LogP contribution in [0.3, 0.4) is 0 Å². The summed E-state index contributed by atoms with van der Waals surface area (Å²) in [5.74, 6) is 2.71. The van der Waals surface area contributed by atoms with E-state index in [1.54, 1.807) is 14.2 Å². The molecule has 2 rings (SSSR count). The van der Waals surface area contributed by atoms with Crippen molar-refractivity contribution in [3.8, 4) is 17.2 Å². The predicted molar refractivity (Wildman–Crippen MR) is 115 cm³/mol. The number of aliphatic hydroxyl groups is 1. The summed E-state index contributed by atoms with van der Waals surface area (Å²) in [6.45, 7) is 5.44. The molecule has 0 saturated carbocycles. The highest BCUT2D eigenvalue weighted by Gasteiger charge is 2.11. The molecule has 0 heterocycles. The third-order valence-corrected chi connectivity index (χ3v) is 4.20. The fraction of sp³-hybridized carbons (Fsp3) is 0.409. The van der Waals surface area contributed by atoms with Gasteiger partial charge in [-0.25, -0.2) is 0 Å². The average molecular weight is 402 g/mol. The van der Waals surface area contributed by atoms with E-state index in [9.17, 15) is 5.11 Å². The molecule has 0 aromatic heterocycles. The molecule has 0 aliphatic carbocycles. The van der Waals surface area contributed by atoms with Gasteiger partial charge in [0, 0.05) is 6.54 Å². The number of nitrogens with one attached hydrogen (secondary N) is 2. The molecule has 0 fully saturated rings. The molecule has 29 heavy (non-hydrogen) atoms. The number of methoxy groups -OCH3 is 2. The topological polar surface area (TPSA) is 84.3 Å². The van der Waals surface area contributed by atoms with E-state index in [0.717, 1.165) is 5.56 Å². The fourth-order valence-electron chi connectivity index (χ4n) is 2.69. The second kappa shape index (κ2) is 11.8. The number of nitrogens with zero attached hydrogens (tertiary/aromatic N) is 1. The number of benzene rings is 2. The number of ether oxygens (including phenoxy) is 3. The van der Waals surface area contributed by atoms with Crippen molar-refractivity contribution in [3.05, 3.63) is 54.1 Å². The van der Waals surface area contributed by atoms with Gasteiger partial charge in [0.1, 0.15) is 11.9 Å². The zero-order valence-corrected chi connectivity index (χ0v) is 17.5. The van der Waals surface area contributed by atoms with Crippen LogP contribution in [0.5, 0.6) is 17.2 Å². The molecule has 0 aliphatic rings. The third kappa shape index (κ3) is 7.19. The van der Waals surface area contributed by atoms with Gasteiger partial charge in [-0.2, -0.15) is 0 Å². The van der Waals surface area contributed by atoms with E-state index in [4.69, 9.17) is 14.2 Å². The molecular weight excluding hydrogens is 370 g/mol. The smallest absolute Gasteiger partial charge is 0.191 e. The lowest BCUT2D eigenvalue weighted by atomic mass is 10.1. The van der Waals surface area contributed by atoms with Crippen molar-refractivity contribution in [2.24, 2.45) is 4.99 Å². The van der Waals surface area contributed by atoms with Gasteiger partial charge in [-0.1, -0.05) is 24.3 Å². The van der Waals surface area contributed by atoms with Crippen LogP contribution in [0.15, 0.2) is 53.5 Å². The molecule has 2 aromatic carbocycles. The molecule has 0 saturated heterocycles. The van der Waals surface area contributed by atoms with E-state index in [2.05, 4.69) is 15.6 Å². The summed E-state index contributed by atoms with van der Waals surface area (Å²) in [4.78, 5) is 4.48. The molecule has 7 nitrogen and oxygen atoms in total. The summed E-state index contributed by atoms with van der Waals surface area (Å²) in [5, 5.41) is 16.9. The highest BCUT2D eigenvalue weighted by Crippen LogP contribution is 2.26. The minimum atomic E-state index is -0.720. The molecular formula is C22H31N3O4. The van der Waals surface area contributed by atoms with Gasteiger partial charge in [-0.15, -0.1) is 0 Å². The molecule has 0 spiro atoms. The molecule has 7 heteroatoms. The fourth-order valence-corrected chi connectivity index (χ4v) is 2.69. The van der Waals surface area contributed by atoms with Gasteiger partial charge in [0.05, 0.1) is 33.4 Å². The lowest BCUT2D eigenvalue weighted by molar-refractivity contribution is 0.186. The largest absolute Gasteiger partial charge is 0.497 e. The van der Waals surface area contributed by atoms with Crippen molar-refractivity contribution < 1.29 is 19.3 Å². The number of guanidine groups is 1. The Kier molecular flexibility index (Phi) is 9.11. The van der Waals surface area contributed by atoms with Crippen molar-refractivity contribution in [3.63, 3.8) is 0 Å². The van der Waals surface area contributed by atoms with Crippen LogP contribution >= 0.6 is 0 Å². The quantitative estimate of drug-likeness (QED) is 0.419. The first kappa shape index (κ1) is 22.4. The standard InChI is InChI=1S/C22H31N3O4/c1-5-23-22(25-15-19(26)17-9-8-10-18(13-17)27-3)24-14-16(2)29-21-12-7-6-11-20(21)28-4/h6-13,16,19,26H,5,14-15H2,1-4H3,(H2,23,24,25). The third-order valence-electron chi connectivity index (χ3n) is 4.20. The van der Waals surface area contributed by atoms with E-state index in [-0.39, 0.29) is 12.6 Å². The van der Waals surface area contributed by atoms with Gasteiger partial charge in [0.25, 0.3) is 0 Å². The summed E-state index contributed by atoms with van der Waals surface area (Å²) in [6.07, 6.45) is -0.832. The number of rotatable bonds is 10. The first-order valence-corrected chi connectivity index (χ1v) is 9.71. The van der Waals surface area contributed by atoms with Crippen LogP contribution in [0, 0.1) is 0 Å². The van der Waals surface area contributed by atoms with Crippen LogP contribution < -0.4 is 24.8 Å². The van der Waals surface area contributed by atoms with Crippen LogP contribution in [0.2, 0.25) is 0 Å². The zero-order chi connectivity index (χ0) is 21.1. The Balaban J connectivity index is 1.92. The molecule has 0 aliphatic heterocycles. The lowest BCUT2D eigenvalue weighted by Crippen LogP contribution is -2.42. The Morgan fingerprint density at radius 2 is 1.79 bits per heavy atom. The molecule has 2 unspecified atom stereocenters. The lowest BCUT2D eigenvalue weighted by Gasteiger charge is -2.19. The molecule has 2 atom stereocenters. The maximum Gasteiger partial charge on any atom is 0.191 e.